The number of nitrogens with zero attached hydrogens (tertiary/aromatic N) is 1. The molecular formula is C25H26FNO2. The molecular weight excluding hydrogens is 365 g/mol. The monoisotopic (exact) mass is 391 g/mol. The molecule has 4 rings (SSSR count). The molecule has 0 aliphatic heterocycles. The number of hydrogen-bond donors (Lipinski definition) is 2. The third kappa shape index (κ3) is 4.39. The minimum atomic E-state index is -0.732. The third-order valence-electron chi connectivity index (χ3n) is 5.53. The predicted octanol–water partition coefficient (Wildman–Crippen LogP) is 5.45. The van der Waals surface area contributed by atoms with Crippen molar-refractivity contribution in [3.8, 4) is 11.1 Å². The molecule has 0 amide bonds. The minimum absolute atomic E-state index is 0.268. The number of halogens is 1. The van der Waals surface area contributed by atoms with Crippen molar-refractivity contribution < 1.29 is 14.6 Å². The van der Waals surface area contributed by atoms with Gasteiger partial charge in [0.1, 0.15) is 5.82 Å². The molecule has 1 aliphatic rings. The van der Waals surface area contributed by atoms with Crippen molar-refractivity contribution in [3.63, 3.8) is 0 Å². The lowest BCUT2D eigenvalue weighted by Crippen LogP contribution is -2.14. The first-order valence-corrected chi connectivity index (χ1v) is 10.3. The Morgan fingerprint density at radius 2 is 1.83 bits per heavy atom. The third-order valence-corrected chi connectivity index (χ3v) is 5.53. The zero-order valence-electron chi connectivity index (χ0n) is 16.6. The van der Waals surface area contributed by atoms with Crippen LogP contribution in [-0.4, -0.2) is 27.4 Å². The Labute approximate surface area is 170 Å². The van der Waals surface area contributed by atoms with E-state index in [1.165, 1.54) is 12.1 Å². The maximum atomic E-state index is 13.6. The smallest absolute Gasteiger partial charge is 0.123 e. The zero-order chi connectivity index (χ0) is 20.4. The molecule has 1 heterocycles. The molecule has 2 unspecified atom stereocenters. The molecule has 0 bridgehead atoms. The molecule has 3 nitrogen and oxygen atoms in total. The summed E-state index contributed by atoms with van der Waals surface area (Å²) < 4.78 is 13.6. The van der Waals surface area contributed by atoms with Gasteiger partial charge in [-0.25, -0.2) is 4.39 Å². The molecule has 3 aromatic rings. The zero-order valence-corrected chi connectivity index (χ0v) is 16.6. The largest absolute Gasteiger partial charge is 0.393 e. The number of para-hydroxylation sites is 1. The topological polar surface area (TPSA) is 53.4 Å². The molecule has 4 heteroatoms. The van der Waals surface area contributed by atoms with E-state index in [0.29, 0.717) is 18.8 Å². The Bertz CT molecular complexity index is 1020. The van der Waals surface area contributed by atoms with Gasteiger partial charge in [-0.05, 0) is 43.0 Å². The van der Waals surface area contributed by atoms with Crippen LogP contribution in [-0.2, 0) is 0 Å². The van der Waals surface area contributed by atoms with Gasteiger partial charge in [-0.3, -0.25) is 4.98 Å². The first-order chi connectivity index (χ1) is 14.1. The Morgan fingerprint density at radius 1 is 1.10 bits per heavy atom. The van der Waals surface area contributed by atoms with E-state index >= 15 is 0 Å². The lowest BCUT2D eigenvalue weighted by molar-refractivity contribution is 0.102. The van der Waals surface area contributed by atoms with E-state index in [2.05, 4.69) is 0 Å². The van der Waals surface area contributed by atoms with Crippen molar-refractivity contribution in [2.45, 2.75) is 50.7 Å². The summed E-state index contributed by atoms with van der Waals surface area (Å²) in [5, 5.41) is 21.2. The number of aliphatic hydroxyl groups excluding tert-OH is 2. The number of hydrogen-bond acceptors (Lipinski definition) is 3. The van der Waals surface area contributed by atoms with E-state index in [1.807, 2.05) is 37.3 Å². The van der Waals surface area contributed by atoms with Gasteiger partial charge >= 0.3 is 0 Å². The first-order valence-electron chi connectivity index (χ1n) is 10.3. The molecule has 0 spiro atoms. The fraction of sp³-hybridized carbons (Fsp3) is 0.320. The average molecular weight is 391 g/mol. The average Bonchev–Trinajstić information content (AvgIpc) is 3.57. The summed E-state index contributed by atoms with van der Waals surface area (Å²) >= 11 is 0. The highest BCUT2D eigenvalue weighted by Crippen LogP contribution is 2.45. The first kappa shape index (κ1) is 19.7. The van der Waals surface area contributed by atoms with E-state index in [0.717, 1.165) is 46.1 Å². The fourth-order valence-corrected chi connectivity index (χ4v) is 3.74. The summed E-state index contributed by atoms with van der Waals surface area (Å²) in [5.74, 6) is 0.146. The second-order valence-corrected chi connectivity index (χ2v) is 7.81. The Hall–Kier alpha value is -2.56. The van der Waals surface area contributed by atoms with Gasteiger partial charge in [0.2, 0.25) is 0 Å². The van der Waals surface area contributed by atoms with Crippen LogP contribution in [0.15, 0.2) is 54.6 Å². The van der Waals surface area contributed by atoms with Crippen LogP contribution in [0.2, 0.25) is 0 Å². The number of aliphatic hydroxyl groups is 2. The number of aromatic nitrogens is 1. The summed E-state index contributed by atoms with van der Waals surface area (Å²) in [6.45, 7) is 1.90. The van der Waals surface area contributed by atoms with Crippen molar-refractivity contribution in [2.24, 2.45) is 0 Å². The number of rotatable bonds is 7. The highest BCUT2D eigenvalue weighted by atomic mass is 19.1. The van der Waals surface area contributed by atoms with Gasteiger partial charge in [0.05, 0.1) is 23.4 Å². The highest BCUT2D eigenvalue weighted by molar-refractivity contribution is 5.99. The van der Waals surface area contributed by atoms with Crippen LogP contribution >= 0.6 is 0 Å². The van der Waals surface area contributed by atoms with Crippen LogP contribution in [0.5, 0.6) is 0 Å². The number of benzene rings is 2. The van der Waals surface area contributed by atoms with Crippen molar-refractivity contribution in [2.75, 3.05) is 0 Å². The molecule has 0 saturated heterocycles. The molecule has 2 aromatic carbocycles. The predicted molar refractivity (Wildman–Crippen MR) is 115 cm³/mol. The normalized spacial score (nSPS) is 16.4. The van der Waals surface area contributed by atoms with Gasteiger partial charge in [0, 0.05) is 28.9 Å². The summed E-state index contributed by atoms with van der Waals surface area (Å²) in [4.78, 5) is 4.94. The molecule has 2 N–H and O–H groups in total. The fourth-order valence-electron chi connectivity index (χ4n) is 3.74. The van der Waals surface area contributed by atoms with Crippen LogP contribution in [0, 0.1) is 5.82 Å². The standard InChI is InChI=1S/C25H26FNO2/c1-2-19(28)15-20(29)13-14-22-24(16-9-11-18(26)12-10-16)21-5-3-4-6-23(21)27-25(22)17-7-8-17/h3-6,9-14,17,19-20,28-29H,2,7-8,15H2,1H3/b14-13+. The summed E-state index contributed by atoms with van der Waals surface area (Å²) in [6, 6.07) is 14.5. The van der Waals surface area contributed by atoms with Gasteiger partial charge in [0.25, 0.3) is 0 Å². The van der Waals surface area contributed by atoms with Crippen LogP contribution in [0.25, 0.3) is 28.1 Å². The van der Waals surface area contributed by atoms with Crippen LogP contribution in [0.1, 0.15) is 49.8 Å². The van der Waals surface area contributed by atoms with Crippen molar-refractivity contribution in [1.82, 2.24) is 4.98 Å². The molecule has 1 fully saturated rings. The Morgan fingerprint density at radius 3 is 2.52 bits per heavy atom. The summed E-state index contributed by atoms with van der Waals surface area (Å²) in [6.07, 6.45) is 5.53. The van der Waals surface area contributed by atoms with Gasteiger partial charge in [-0.2, -0.15) is 0 Å². The maximum Gasteiger partial charge on any atom is 0.123 e. The van der Waals surface area contributed by atoms with Crippen LogP contribution in [0.4, 0.5) is 4.39 Å². The molecule has 150 valence electrons. The minimum Gasteiger partial charge on any atom is -0.393 e. The SMILES string of the molecule is CCC(O)CC(O)/C=C/c1c(C2CC2)nc2ccccc2c1-c1ccc(F)cc1. The van der Waals surface area contributed by atoms with Gasteiger partial charge in [-0.1, -0.05) is 49.4 Å². The van der Waals surface area contributed by atoms with E-state index in [-0.39, 0.29) is 5.82 Å². The Kier molecular flexibility index (Phi) is 5.74. The Balaban J connectivity index is 1.87. The molecule has 1 aromatic heterocycles. The van der Waals surface area contributed by atoms with Crippen molar-refractivity contribution in [3.05, 3.63) is 71.7 Å². The lowest BCUT2D eigenvalue weighted by atomic mass is 9.92. The molecule has 2 atom stereocenters. The second-order valence-electron chi connectivity index (χ2n) is 7.81. The number of fused-ring (bicyclic) bond motifs is 1. The lowest BCUT2D eigenvalue weighted by Gasteiger charge is -2.16. The van der Waals surface area contributed by atoms with Gasteiger partial charge < -0.3 is 10.2 Å². The second kappa shape index (κ2) is 8.44. The number of pyridine rings is 1. The van der Waals surface area contributed by atoms with Crippen molar-refractivity contribution in [1.29, 1.82) is 0 Å². The van der Waals surface area contributed by atoms with E-state index in [9.17, 15) is 14.6 Å². The van der Waals surface area contributed by atoms with E-state index in [1.54, 1.807) is 18.2 Å². The highest BCUT2D eigenvalue weighted by Gasteiger charge is 2.29. The van der Waals surface area contributed by atoms with E-state index < -0.39 is 12.2 Å². The molecule has 1 aliphatic carbocycles. The molecule has 1 saturated carbocycles. The van der Waals surface area contributed by atoms with Crippen molar-refractivity contribution >= 4 is 17.0 Å². The van der Waals surface area contributed by atoms with Gasteiger partial charge in [-0.15, -0.1) is 0 Å². The summed E-state index contributed by atoms with van der Waals surface area (Å²) in [7, 11) is 0. The van der Waals surface area contributed by atoms with Crippen LogP contribution < -0.4 is 0 Å². The van der Waals surface area contributed by atoms with E-state index in [4.69, 9.17) is 4.98 Å². The summed E-state index contributed by atoms with van der Waals surface area (Å²) in [5.41, 5.74) is 4.87. The quantitative estimate of drug-likeness (QED) is 0.563. The molecule has 29 heavy (non-hydrogen) atoms. The van der Waals surface area contributed by atoms with Gasteiger partial charge in [0.15, 0.2) is 0 Å². The van der Waals surface area contributed by atoms with Crippen LogP contribution in [0.3, 0.4) is 0 Å². The maximum absolute atomic E-state index is 13.6. The molecule has 0 radical (unpaired) electrons.